The fourth-order valence-electron chi connectivity index (χ4n) is 12.3. The van der Waals surface area contributed by atoms with Crippen molar-refractivity contribution < 1.29 is 23.9 Å². The van der Waals surface area contributed by atoms with E-state index in [0.717, 1.165) is 44.5 Å². The number of nitrogens with zero attached hydrogens (tertiary/aromatic N) is 1. The molecule has 0 spiro atoms. The molecule has 1 aliphatic heterocycles. The molecule has 0 saturated carbocycles. The third-order valence-electron chi connectivity index (χ3n) is 16.6. The molecule has 1 aliphatic rings. The number of benzene rings is 7. The van der Waals surface area contributed by atoms with Crippen LogP contribution in [0.5, 0.6) is 0 Å². The van der Waals surface area contributed by atoms with Gasteiger partial charge in [-0.05, 0) is 0 Å². The molecule has 2 N–H and O–H groups in total. The van der Waals surface area contributed by atoms with Crippen LogP contribution < -0.4 is 10.6 Å². The van der Waals surface area contributed by atoms with E-state index in [2.05, 4.69) is 249 Å². The molecule has 8 nitrogen and oxygen atoms in total. The summed E-state index contributed by atoms with van der Waals surface area (Å²) in [4.78, 5) is 55.7. The van der Waals surface area contributed by atoms with Crippen LogP contribution in [0.15, 0.2) is 127 Å². The number of esters is 1. The maximum atomic E-state index is 16.2. The van der Waals surface area contributed by atoms with Gasteiger partial charge in [0.25, 0.3) is 0 Å². The number of hydrogen-bond acceptors (Lipinski definition) is 5. The van der Waals surface area contributed by atoms with E-state index in [0.29, 0.717) is 10.9 Å². The fourth-order valence-corrected chi connectivity index (χ4v) is 14.5. The standard InChI is InChI=1S/C75H89N3O5Se/c1-42(2)56-23-18-24-57(43(3)4)69(56)52-33-50(34-53(37-52)70-58(44(5)6)25-19-26-59(70)45(7)8)64-31-22-32-65(73(64)74(81)77-66-41-84-78(75(66)82)40-67(79)76-39-68(80)83-17)51-35-54(71-60(46(9)10)27-20-28-61(71)47(11)12)38-55(36-51)72-62(48(13)14)29-21-30-63(72)49(15)16/h18-38,42-49,66H,39-41H2,1-17H3,(H,76,79)(H,77,81)/t66-/m0/s1. The number of carbonyl (C=O) groups excluding carboxylic acids is 4. The molecule has 9 heteroatoms. The molecule has 440 valence electrons. The molecule has 0 radical (unpaired) electrons. The van der Waals surface area contributed by atoms with Crippen molar-refractivity contribution in [2.45, 2.75) is 169 Å². The van der Waals surface area contributed by atoms with Gasteiger partial charge in [0.05, 0.1) is 0 Å². The average Bonchev–Trinajstić information content (AvgIpc) is 3.18. The fraction of sp³-hybridized carbons (Fsp3) is 0.387. The molecule has 1 atom stereocenters. The minimum absolute atomic E-state index is 0.226. The molecule has 7 aromatic rings. The molecule has 1 heterocycles. The summed E-state index contributed by atoms with van der Waals surface area (Å²) in [5, 5.41) is 6.22. The molecule has 0 unspecified atom stereocenters. The Bertz CT molecular complexity index is 3120. The number of ether oxygens (including phenoxy) is 1. The predicted molar refractivity (Wildman–Crippen MR) is 350 cm³/mol. The summed E-state index contributed by atoms with van der Waals surface area (Å²) in [7, 11) is 1.26. The van der Waals surface area contributed by atoms with Crippen molar-refractivity contribution >= 4 is 38.9 Å². The van der Waals surface area contributed by atoms with Gasteiger partial charge >= 0.3 is 376 Å². The zero-order valence-corrected chi connectivity index (χ0v) is 54.6. The number of hydrogen-bond donors (Lipinski definition) is 2. The number of nitrogens with one attached hydrogen (secondary N) is 2. The van der Waals surface area contributed by atoms with Crippen molar-refractivity contribution in [2.24, 2.45) is 0 Å². The number of amides is 3. The van der Waals surface area contributed by atoms with Crippen molar-refractivity contribution in [2.75, 3.05) is 20.2 Å². The zero-order chi connectivity index (χ0) is 61.0. The van der Waals surface area contributed by atoms with Crippen molar-refractivity contribution in [3.63, 3.8) is 0 Å². The first-order valence-electron chi connectivity index (χ1n) is 30.5. The average molecular weight is 1190 g/mol. The minimum atomic E-state index is -0.883. The van der Waals surface area contributed by atoms with Crippen molar-refractivity contribution in [3.8, 4) is 66.8 Å². The summed E-state index contributed by atoms with van der Waals surface area (Å²) < 4.78 is 6.24. The van der Waals surface area contributed by atoms with E-state index >= 15 is 4.79 Å². The Morgan fingerprint density at radius 2 is 0.750 bits per heavy atom. The predicted octanol–water partition coefficient (Wildman–Crippen LogP) is 17.9. The van der Waals surface area contributed by atoms with Gasteiger partial charge in [-0.3, -0.25) is 0 Å². The van der Waals surface area contributed by atoms with E-state index in [-0.39, 0.29) is 72.2 Å². The quantitative estimate of drug-likeness (QED) is 0.0584. The summed E-state index contributed by atoms with van der Waals surface area (Å²) >= 11 is -0.446. The Balaban J connectivity index is 1.49. The van der Waals surface area contributed by atoms with Gasteiger partial charge in [0.1, 0.15) is 0 Å². The van der Waals surface area contributed by atoms with Crippen LogP contribution in [0.2, 0.25) is 5.32 Å². The van der Waals surface area contributed by atoms with Crippen LogP contribution in [0.25, 0.3) is 66.8 Å². The van der Waals surface area contributed by atoms with Gasteiger partial charge in [0, 0.05) is 0 Å². The van der Waals surface area contributed by atoms with Crippen LogP contribution in [0, 0.1) is 0 Å². The Kier molecular flexibility index (Phi) is 20.2. The first-order chi connectivity index (χ1) is 39.9. The van der Waals surface area contributed by atoms with Crippen LogP contribution in [0.4, 0.5) is 0 Å². The molecule has 3 amide bonds. The summed E-state index contributed by atoms with van der Waals surface area (Å²) in [6.07, 6.45) is 0. The van der Waals surface area contributed by atoms with E-state index in [9.17, 15) is 14.4 Å². The van der Waals surface area contributed by atoms with Crippen LogP contribution >= 0.6 is 0 Å². The van der Waals surface area contributed by atoms with Crippen LogP contribution in [0.3, 0.4) is 0 Å². The zero-order valence-electron chi connectivity index (χ0n) is 52.8. The second-order valence-electron chi connectivity index (χ2n) is 25.4. The Labute approximate surface area is 508 Å². The van der Waals surface area contributed by atoms with Gasteiger partial charge in [-0.25, -0.2) is 0 Å². The van der Waals surface area contributed by atoms with Gasteiger partial charge in [-0.2, -0.15) is 0 Å². The van der Waals surface area contributed by atoms with Gasteiger partial charge < -0.3 is 0 Å². The molecular formula is C75H89N3O5Se. The molecule has 1 saturated heterocycles. The van der Waals surface area contributed by atoms with Gasteiger partial charge in [0.2, 0.25) is 0 Å². The van der Waals surface area contributed by atoms with E-state index < -0.39 is 33.1 Å². The molecule has 7 aromatic carbocycles. The molecule has 0 aliphatic carbocycles. The van der Waals surface area contributed by atoms with E-state index in [1.54, 1.807) is 0 Å². The monoisotopic (exact) mass is 1190 g/mol. The number of carbonyl (C=O) groups is 4. The van der Waals surface area contributed by atoms with Crippen LogP contribution in [0.1, 0.15) is 213 Å². The van der Waals surface area contributed by atoms with Crippen LogP contribution in [-0.2, 0) is 19.1 Å². The van der Waals surface area contributed by atoms with Crippen molar-refractivity contribution in [1.29, 1.82) is 0 Å². The SMILES string of the molecule is COC(=O)CNC(=O)CN1[Se]C[C@H](NC(=O)c2c(-c3cc(-c4c(C(C)C)cccc4C(C)C)cc(-c4c(C(C)C)cccc4C(C)C)c3)cccc2-c2cc(-c3c(C(C)C)cccc3C(C)C)cc(-c3c(C(C)C)cccc3C(C)C)c2)C1=O. The van der Waals surface area contributed by atoms with E-state index in [1.807, 2.05) is 0 Å². The van der Waals surface area contributed by atoms with Gasteiger partial charge in [-0.15, -0.1) is 0 Å². The van der Waals surface area contributed by atoms with Crippen molar-refractivity contribution in [3.05, 3.63) is 177 Å². The maximum absolute atomic E-state index is 16.2. The molecule has 1 fully saturated rings. The third-order valence-corrected chi connectivity index (χ3v) is 18.9. The molecular weight excluding hydrogens is 1100 g/mol. The van der Waals surface area contributed by atoms with E-state index in [4.69, 9.17) is 4.74 Å². The normalized spacial score (nSPS) is 13.7. The second kappa shape index (κ2) is 26.9. The topological polar surface area (TPSA) is 105 Å². The van der Waals surface area contributed by atoms with Gasteiger partial charge in [0.15, 0.2) is 0 Å². The Morgan fingerprint density at radius 1 is 0.464 bits per heavy atom. The van der Waals surface area contributed by atoms with Gasteiger partial charge in [-0.1, -0.05) is 135 Å². The summed E-state index contributed by atoms with van der Waals surface area (Å²) in [5.74, 6) is 0.0428. The Morgan fingerprint density at radius 3 is 1.04 bits per heavy atom. The van der Waals surface area contributed by atoms with Crippen molar-refractivity contribution in [1.82, 2.24) is 14.5 Å². The summed E-state index contributed by atoms with van der Waals surface area (Å²) in [6.45, 7) is 35.7. The summed E-state index contributed by atoms with van der Waals surface area (Å²) in [5.41, 5.74) is 23.0. The molecule has 0 bridgehead atoms. The Hall–Kier alpha value is -7.06. The number of rotatable bonds is 20. The van der Waals surface area contributed by atoms with Crippen LogP contribution in [-0.4, -0.2) is 69.0 Å². The molecule has 8 rings (SSSR count). The van der Waals surface area contributed by atoms with E-state index in [1.165, 1.54) is 77.8 Å². The molecule has 0 aromatic heterocycles. The second-order valence-corrected chi connectivity index (χ2v) is 27.5. The number of methoxy groups -OCH3 is 1. The summed E-state index contributed by atoms with van der Waals surface area (Å²) in [6, 6.07) is 46.2. The first kappa shape index (κ1) is 63.0. The third kappa shape index (κ3) is 13.4. The molecule has 84 heavy (non-hydrogen) atoms. The first-order valence-corrected chi connectivity index (χ1v) is 32.4.